The van der Waals surface area contributed by atoms with Crippen molar-refractivity contribution in [3.63, 3.8) is 0 Å². The minimum Gasteiger partial charge on any atom is -0.481 e. The highest BCUT2D eigenvalue weighted by atomic mass is 16.5. The first-order chi connectivity index (χ1) is 10.2. The fourth-order valence-electron chi connectivity index (χ4n) is 2.24. The summed E-state index contributed by atoms with van der Waals surface area (Å²) >= 11 is 0. The summed E-state index contributed by atoms with van der Waals surface area (Å²) in [6.07, 6.45) is 0. The molecule has 1 aromatic carbocycles. The number of nitrogens with zero attached hydrogens (tertiary/aromatic N) is 2. The molecular weight excluding hydrogens is 262 g/mol. The van der Waals surface area contributed by atoms with Gasteiger partial charge >= 0.3 is 0 Å². The van der Waals surface area contributed by atoms with Crippen LogP contribution in [-0.2, 0) is 6.54 Å². The number of ether oxygens (including phenoxy) is 1. The number of hydrogen-bond acceptors (Lipinski definition) is 4. The summed E-state index contributed by atoms with van der Waals surface area (Å²) in [5.74, 6) is 0.651. The highest BCUT2D eigenvalue weighted by molar-refractivity contribution is 5.20. The Kier molecular flexibility index (Phi) is 5.72. The average Bonchev–Trinajstić information content (AvgIpc) is 2.52. The van der Waals surface area contributed by atoms with Crippen molar-refractivity contribution in [3.05, 3.63) is 59.8 Å². The minimum atomic E-state index is 0.272. The Balaban J connectivity index is 2.05. The zero-order chi connectivity index (χ0) is 15.1. The molecule has 0 saturated carbocycles. The van der Waals surface area contributed by atoms with Crippen LogP contribution < -0.4 is 10.1 Å². The van der Waals surface area contributed by atoms with Crippen LogP contribution in [0.25, 0.3) is 0 Å². The van der Waals surface area contributed by atoms with Crippen molar-refractivity contribution in [2.45, 2.75) is 12.6 Å². The molecule has 2 aromatic rings. The third-order valence-electron chi connectivity index (χ3n) is 3.27. The number of methoxy groups -OCH3 is 1. The molecule has 0 aliphatic rings. The van der Waals surface area contributed by atoms with Crippen molar-refractivity contribution in [1.82, 2.24) is 15.2 Å². The van der Waals surface area contributed by atoms with Gasteiger partial charge in [0.25, 0.3) is 0 Å². The standard InChI is InChI=1S/C17H23N3O/c1-20(2)13-16(14-8-5-4-6-9-14)18-12-15-10-7-11-17(19-15)21-3/h4-11,16,18H,12-13H2,1-3H3. The molecule has 2 rings (SSSR count). The van der Waals surface area contributed by atoms with Crippen molar-refractivity contribution in [2.75, 3.05) is 27.7 Å². The molecule has 1 aromatic heterocycles. The summed E-state index contributed by atoms with van der Waals surface area (Å²) in [5.41, 5.74) is 2.27. The number of pyridine rings is 1. The molecule has 0 radical (unpaired) electrons. The van der Waals surface area contributed by atoms with E-state index in [-0.39, 0.29) is 6.04 Å². The van der Waals surface area contributed by atoms with E-state index in [1.54, 1.807) is 7.11 Å². The van der Waals surface area contributed by atoms with Crippen molar-refractivity contribution < 1.29 is 4.74 Å². The monoisotopic (exact) mass is 285 g/mol. The lowest BCUT2D eigenvalue weighted by molar-refractivity contribution is 0.339. The van der Waals surface area contributed by atoms with Crippen LogP contribution in [0.1, 0.15) is 17.3 Å². The van der Waals surface area contributed by atoms with E-state index in [0.717, 1.165) is 12.2 Å². The summed E-state index contributed by atoms with van der Waals surface area (Å²) in [4.78, 5) is 6.62. The van der Waals surface area contributed by atoms with Gasteiger partial charge in [-0.3, -0.25) is 0 Å². The van der Waals surface area contributed by atoms with Crippen molar-refractivity contribution >= 4 is 0 Å². The molecule has 0 fully saturated rings. The number of benzene rings is 1. The van der Waals surface area contributed by atoms with Crippen LogP contribution in [0.2, 0.25) is 0 Å². The molecule has 4 nitrogen and oxygen atoms in total. The Hall–Kier alpha value is -1.91. The van der Waals surface area contributed by atoms with Crippen LogP contribution in [0.15, 0.2) is 48.5 Å². The molecule has 0 amide bonds. The fraction of sp³-hybridized carbons (Fsp3) is 0.353. The zero-order valence-electron chi connectivity index (χ0n) is 12.9. The largest absolute Gasteiger partial charge is 0.481 e. The van der Waals surface area contributed by atoms with Gasteiger partial charge in [0.05, 0.1) is 12.8 Å². The predicted octanol–water partition coefficient (Wildman–Crippen LogP) is 2.48. The van der Waals surface area contributed by atoms with Crippen LogP contribution in [0.4, 0.5) is 0 Å². The van der Waals surface area contributed by atoms with Gasteiger partial charge in [-0.1, -0.05) is 36.4 Å². The molecule has 21 heavy (non-hydrogen) atoms. The Morgan fingerprint density at radius 1 is 1.10 bits per heavy atom. The van der Waals surface area contributed by atoms with E-state index < -0.39 is 0 Å². The molecule has 0 aliphatic carbocycles. The van der Waals surface area contributed by atoms with Crippen molar-refractivity contribution in [2.24, 2.45) is 0 Å². The number of hydrogen-bond donors (Lipinski definition) is 1. The molecule has 1 N–H and O–H groups in total. The highest BCUT2D eigenvalue weighted by Gasteiger charge is 2.12. The van der Waals surface area contributed by atoms with Crippen LogP contribution in [-0.4, -0.2) is 37.6 Å². The Bertz CT molecular complexity index is 543. The molecule has 0 spiro atoms. The van der Waals surface area contributed by atoms with Gasteiger partial charge in [-0.2, -0.15) is 0 Å². The Morgan fingerprint density at radius 2 is 1.86 bits per heavy atom. The first-order valence-corrected chi connectivity index (χ1v) is 7.12. The quantitative estimate of drug-likeness (QED) is 0.848. The SMILES string of the molecule is COc1cccc(CNC(CN(C)C)c2ccccc2)n1. The maximum Gasteiger partial charge on any atom is 0.213 e. The van der Waals surface area contributed by atoms with E-state index in [1.165, 1.54) is 5.56 Å². The van der Waals surface area contributed by atoms with E-state index in [2.05, 4.69) is 53.6 Å². The van der Waals surface area contributed by atoms with Crippen molar-refractivity contribution in [3.8, 4) is 5.88 Å². The number of nitrogens with one attached hydrogen (secondary N) is 1. The summed E-state index contributed by atoms with van der Waals surface area (Å²) in [7, 11) is 5.81. The predicted molar refractivity (Wildman–Crippen MR) is 85.4 cm³/mol. The van der Waals surface area contributed by atoms with Crippen LogP contribution in [0, 0.1) is 0 Å². The molecule has 0 aliphatic heterocycles. The number of aromatic nitrogens is 1. The van der Waals surface area contributed by atoms with Gasteiger partial charge in [-0.05, 0) is 25.7 Å². The van der Waals surface area contributed by atoms with Gasteiger partial charge in [0.15, 0.2) is 0 Å². The van der Waals surface area contributed by atoms with E-state index >= 15 is 0 Å². The summed E-state index contributed by atoms with van der Waals surface area (Å²) < 4.78 is 5.16. The highest BCUT2D eigenvalue weighted by Crippen LogP contribution is 2.14. The molecule has 1 heterocycles. The molecule has 112 valence electrons. The second kappa shape index (κ2) is 7.76. The Morgan fingerprint density at radius 3 is 2.52 bits per heavy atom. The molecule has 0 bridgehead atoms. The number of rotatable bonds is 7. The van der Waals surface area contributed by atoms with Gasteiger partial charge in [-0.25, -0.2) is 4.98 Å². The van der Waals surface area contributed by atoms with Crippen LogP contribution in [0.3, 0.4) is 0 Å². The molecule has 1 atom stereocenters. The third kappa shape index (κ3) is 4.85. The normalized spacial score (nSPS) is 12.4. The van der Waals surface area contributed by atoms with E-state index in [4.69, 9.17) is 4.74 Å². The smallest absolute Gasteiger partial charge is 0.213 e. The lowest BCUT2D eigenvalue weighted by Gasteiger charge is -2.23. The summed E-state index contributed by atoms with van der Waals surface area (Å²) in [6.45, 7) is 1.65. The average molecular weight is 285 g/mol. The topological polar surface area (TPSA) is 37.4 Å². The summed E-state index contributed by atoms with van der Waals surface area (Å²) in [5, 5.41) is 3.58. The Labute approximate surface area is 126 Å². The maximum atomic E-state index is 5.16. The van der Waals surface area contributed by atoms with E-state index in [1.807, 2.05) is 24.3 Å². The van der Waals surface area contributed by atoms with E-state index in [0.29, 0.717) is 12.4 Å². The second-order valence-electron chi connectivity index (χ2n) is 5.28. The second-order valence-corrected chi connectivity index (χ2v) is 5.28. The van der Waals surface area contributed by atoms with Crippen LogP contribution >= 0.6 is 0 Å². The molecular formula is C17H23N3O. The number of likely N-dealkylation sites (N-methyl/N-ethyl adjacent to an activating group) is 1. The third-order valence-corrected chi connectivity index (χ3v) is 3.27. The molecule has 1 unspecified atom stereocenters. The summed E-state index contributed by atoms with van der Waals surface area (Å²) in [6, 6.07) is 16.6. The maximum absolute atomic E-state index is 5.16. The lowest BCUT2D eigenvalue weighted by Crippen LogP contribution is -2.31. The molecule has 4 heteroatoms. The first-order valence-electron chi connectivity index (χ1n) is 7.12. The zero-order valence-corrected chi connectivity index (χ0v) is 12.9. The lowest BCUT2D eigenvalue weighted by atomic mass is 10.1. The first kappa shape index (κ1) is 15.5. The molecule has 0 saturated heterocycles. The fourth-order valence-corrected chi connectivity index (χ4v) is 2.24. The van der Waals surface area contributed by atoms with Gasteiger partial charge in [0.2, 0.25) is 5.88 Å². The van der Waals surface area contributed by atoms with Gasteiger partial charge in [-0.15, -0.1) is 0 Å². The van der Waals surface area contributed by atoms with Crippen LogP contribution in [0.5, 0.6) is 5.88 Å². The van der Waals surface area contributed by atoms with Crippen molar-refractivity contribution in [1.29, 1.82) is 0 Å². The van der Waals surface area contributed by atoms with E-state index in [9.17, 15) is 0 Å². The minimum absolute atomic E-state index is 0.272. The van der Waals surface area contributed by atoms with Gasteiger partial charge in [0, 0.05) is 25.2 Å². The van der Waals surface area contributed by atoms with Gasteiger partial charge < -0.3 is 15.0 Å². The van der Waals surface area contributed by atoms with Gasteiger partial charge in [0.1, 0.15) is 0 Å².